The normalized spacial score (nSPS) is 17.0. The Bertz CT molecular complexity index is 985. The van der Waals surface area contributed by atoms with Gasteiger partial charge in [0.2, 0.25) is 5.88 Å². The van der Waals surface area contributed by atoms with Gasteiger partial charge in [-0.05, 0) is 55.7 Å². The number of hydrogen-bond acceptors (Lipinski definition) is 4. The Balaban J connectivity index is 1.76. The molecule has 4 rings (SSSR count). The van der Waals surface area contributed by atoms with Gasteiger partial charge < -0.3 is 9.64 Å². The summed E-state index contributed by atoms with van der Waals surface area (Å²) in [5.74, 6) is 0.515. The van der Waals surface area contributed by atoms with Crippen molar-refractivity contribution < 1.29 is 9.53 Å². The van der Waals surface area contributed by atoms with Gasteiger partial charge in [-0.2, -0.15) is 0 Å². The number of hydrogen-bond donors (Lipinski definition) is 0. The molecule has 1 aliphatic heterocycles. The first-order valence-corrected chi connectivity index (χ1v) is 8.76. The molecule has 1 atom stereocenters. The number of carbonyl (C=O) groups is 1. The average Bonchev–Trinajstić information content (AvgIpc) is 2.72. The summed E-state index contributed by atoms with van der Waals surface area (Å²) in [5, 5.41) is 1.10. The number of aromatic nitrogens is 2. The first-order valence-electron chi connectivity index (χ1n) is 8.76. The maximum atomic E-state index is 12.8. The minimum absolute atomic E-state index is 0.0381. The van der Waals surface area contributed by atoms with Crippen LogP contribution in [0.2, 0.25) is 0 Å². The monoisotopic (exact) mass is 347 g/mol. The molecule has 0 spiro atoms. The van der Waals surface area contributed by atoms with Gasteiger partial charge in [0.1, 0.15) is 0 Å². The van der Waals surface area contributed by atoms with Crippen LogP contribution in [-0.2, 0) is 17.9 Å². The Morgan fingerprint density at radius 1 is 1.27 bits per heavy atom. The number of benzene rings is 1. The number of aryl methyl sites for hydroxylation is 2. The van der Waals surface area contributed by atoms with Gasteiger partial charge in [0, 0.05) is 29.9 Å². The third kappa shape index (κ3) is 3.01. The van der Waals surface area contributed by atoms with E-state index in [0.29, 0.717) is 19.0 Å². The lowest BCUT2D eigenvalue weighted by molar-refractivity contribution is -0.138. The average molecular weight is 347 g/mol. The predicted molar refractivity (Wildman–Crippen MR) is 99.8 cm³/mol. The van der Waals surface area contributed by atoms with Crippen LogP contribution in [0.5, 0.6) is 5.88 Å². The van der Waals surface area contributed by atoms with E-state index in [1.54, 1.807) is 19.3 Å². The van der Waals surface area contributed by atoms with Crippen LogP contribution in [-0.4, -0.2) is 26.9 Å². The molecule has 5 nitrogen and oxygen atoms in total. The van der Waals surface area contributed by atoms with Gasteiger partial charge in [0.05, 0.1) is 12.1 Å². The Labute approximate surface area is 152 Å². The fourth-order valence-corrected chi connectivity index (χ4v) is 3.47. The molecular weight excluding hydrogens is 326 g/mol. The summed E-state index contributed by atoms with van der Waals surface area (Å²) in [7, 11) is 0. The highest BCUT2D eigenvalue weighted by Crippen LogP contribution is 2.30. The van der Waals surface area contributed by atoms with Crippen LogP contribution in [0.25, 0.3) is 10.9 Å². The van der Waals surface area contributed by atoms with Crippen molar-refractivity contribution in [2.45, 2.75) is 40.0 Å². The standard InChI is InChI=1S/C21H21N3O2/c1-13-7-14(2)18-9-17-12-24(11-16-5-4-6-22-10-16)21(25)15(3)26-20(17)23-19(18)8-13/h4-10,15H,11-12H2,1-3H3. The first kappa shape index (κ1) is 16.5. The van der Waals surface area contributed by atoms with Gasteiger partial charge in [0.15, 0.2) is 6.10 Å². The van der Waals surface area contributed by atoms with Crippen molar-refractivity contribution >= 4 is 16.8 Å². The molecule has 0 N–H and O–H groups in total. The summed E-state index contributed by atoms with van der Waals surface area (Å²) >= 11 is 0. The van der Waals surface area contributed by atoms with Crippen molar-refractivity contribution in [1.82, 2.24) is 14.9 Å². The van der Waals surface area contributed by atoms with E-state index in [1.807, 2.05) is 17.0 Å². The molecule has 0 fully saturated rings. The Morgan fingerprint density at radius 2 is 2.12 bits per heavy atom. The van der Waals surface area contributed by atoms with Crippen molar-refractivity contribution in [2.75, 3.05) is 0 Å². The molecule has 2 aromatic heterocycles. The van der Waals surface area contributed by atoms with Gasteiger partial charge >= 0.3 is 0 Å². The second kappa shape index (κ2) is 6.41. The summed E-state index contributed by atoms with van der Waals surface area (Å²) in [4.78, 5) is 23.4. The largest absolute Gasteiger partial charge is 0.464 e. The second-order valence-corrected chi connectivity index (χ2v) is 6.92. The van der Waals surface area contributed by atoms with E-state index in [4.69, 9.17) is 9.72 Å². The lowest BCUT2D eigenvalue weighted by atomic mass is 10.0. The molecule has 0 saturated carbocycles. The number of amides is 1. The van der Waals surface area contributed by atoms with Crippen molar-refractivity contribution in [3.63, 3.8) is 0 Å². The van der Waals surface area contributed by atoms with Gasteiger partial charge in [0.25, 0.3) is 5.91 Å². The zero-order chi connectivity index (χ0) is 18.3. The molecule has 1 amide bonds. The lowest BCUT2D eigenvalue weighted by Crippen LogP contribution is -2.37. The molecule has 3 heterocycles. The van der Waals surface area contributed by atoms with Crippen LogP contribution in [0.4, 0.5) is 0 Å². The fraction of sp³-hybridized carbons (Fsp3) is 0.286. The van der Waals surface area contributed by atoms with E-state index in [9.17, 15) is 4.79 Å². The minimum atomic E-state index is -0.566. The van der Waals surface area contributed by atoms with Gasteiger partial charge in [-0.3, -0.25) is 9.78 Å². The maximum Gasteiger partial charge on any atom is 0.264 e. The zero-order valence-electron chi connectivity index (χ0n) is 15.2. The van der Waals surface area contributed by atoms with Gasteiger partial charge in [-0.1, -0.05) is 12.1 Å². The van der Waals surface area contributed by atoms with E-state index in [0.717, 1.165) is 22.0 Å². The smallest absolute Gasteiger partial charge is 0.264 e. The maximum absolute atomic E-state index is 12.8. The van der Waals surface area contributed by atoms with Crippen molar-refractivity contribution in [3.8, 4) is 5.88 Å². The van der Waals surface area contributed by atoms with Crippen LogP contribution in [0, 0.1) is 13.8 Å². The summed E-state index contributed by atoms with van der Waals surface area (Å²) in [6.07, 6.45) is 2.95. The molecule has 26 heavy (non-hydrogen) atoms. The molecule has 0 saturated heterocycles. The molecular formula is C21H21N3O2. The molecule has 5 heteroatoms. The molecule has 0 bridgehead atoms. The predicted octanol–water partition coefficient (Wildman–Crippen LogP) is 3.56. The quantitative estimate of drug-likeness (QED) is 0.711. The Hall–Kier alpha value is -2.95. The molecule has 0 radical (unpaired) electrons. The SMILES string of the molecule is Cc1cc(C)c2cc3c(nc2c1)OC(C)C(=O)N(Cc1cccnc1)C3. The minimum Gasteiger partial charge on any atom is -0.464 e. The zero-order valence-corrected chi connectivity index (χ0v) is 15.2. The van der Waals surface area contributed by atoms with Crippen molar-refractivity contribution in [1.29, 1.82) is 0 Å². The van der Waals surface area contributed by atoms with Gasteiger partial charge in [-0.25, -0.2) is 4.98 Å². The topological polar surface area (TPSA) is 55.3 Å². The number of ether oxygens (including phenoxy) is 1. The van der Waals surface area contributed by atoms with Crippen LogP contribution < -0.4 is 4.74 Å². The molecule has 1 unspecified atom stereocenters. The van der Waals surface area contributed by atoms with Gasteiger partial charge in [-0.15, -0.1) is 0 Å². The molecule has 1 aromatic carbocycles. The van der Waals surface area contributed by atoms with Crippen molar-refractivity contribution in [2.24, 2.45) is 0 Å². The number of rotatable bonds is 2. The third-order valence-electron chi connectivity index (χ3n) is 4.73. The van der Waals surface area contributed by atoms with E-state index in [-0.39, 0.29) is 5.91 Å². The first-order chi connectivity index (χ1) is 12.5. The summed E-state index contributed by atoms with van der Waals surface area (Å²) in [6.45, 7) is 6.90. The highest BCUT2D eigenvalue weighted by atomic mass is 16.5. The number of pyridine rings is 2. The summed E-state index contributed by atoms with van der Waals surface area (Å²) in [5.41, 5.74) is 5.18. The number of nitrogens with zero attached hydrogens (tertiary/aromatic N) is 3. The molecule has 0 aliphatic carbocycles. The van der Waals surface area contributed by atoms with Crippen LogP contribution in [0.15, 0.2) is 42.7 Å². The third-order valence-corrected chi connectivity index (χ3v) is 4.73. The second-order valence-electron chi connectivity index (χ2n) is 6.92. The van der Waals surface area contributed by atoms with E-state index in [2.05, 4.69) is 37.0 Å². The highest BCUT2D eigenvalue weighted by Gasteiger charge is 2.29. The summed E-state index contributed by atoms with van der Waals surface area (Å²) < 4.78 is 5.91. The van der Waals surface area contributed by atoms with Crippen LogP contribution in [0.3, 0.4) is 0 Å². The molecule has 3 aromatic rings. The van der Waals surface area contributed by atoms with Crippen LogP contribution in [0.1, 0.15) is 29.2 Å². The van der Waals surface area contributed by atoms with Crippen LogP contribution >= 0.6 is 0 Å². The van der Waals surface area contributed by atoms with E-state index in [1.165, 1.54) is 11.1 Å². The van der Waals surface area contributed by atoms with Crippen molar-refractivity contribution in [3.05, 3.63) is 65.0 Å². The van der Waals surface area contributed by atoms with E-state index >= 15 is 0 Å². The molecule has 132 valence electrons. The fourth-order valence-electron chi connectivity index (χ4n) is 3.47. The molecule has 1 aliphatic rings. The highest BCUT2D eigenvalue weighted by molar-refractivity contribution is 5.86. The Kier molecular flexibility index (Phi) is 4.07. The van der Waals surface area contributed by atoms with E-state index < -0.39 is 6.10 Å². The Morgan fingerprint density at radius 3 is 2.88 bits per heavy atom. The lowest BCUT2D eigenvalue weighted by Gasteiger charge is -2.22. The number of carbonyl (C=O) groups excluding carboxylic acids is 1. The number of fused-ring (bicyclic) bond motifs is 2. The summed E-state index contributed by atoms with van der Waals surface area (Å²) in [6, 6.07) is 10.2.